The fourth-order valence-electron chi connectivity index (χ4n) is 2.17. The standard InChI is InChI=1S/C14H21N3O/c1-10(15)11-2-4-12(5-3-11)14(18)17-13-6-8-16-9-7-13/h2-5,10,13,16H,6-9,15H2,1H3,(H,17,18). The average Bonchev–Trinajstić information content (AvgIpc) is 2.40. The lowest BCUT2D eigenvalue weighted by Gasteiger charge is -2.23. The molecular formula is C14H21N3O. The van der Waals surface area contributed by atoms with E-state index in [9.17, 15) is 4.79 Å². The Hall–Kier alpha value is -1.39. The van der Waals surface area contributed by atoms with E-state index >= 15 is 0 Å². The van der Waals surface area contributed by atoms with Crippen molar-refractivity contribution in [2.45, 2.75) is 31.8 Å². The van der Waals surface area contributed by atoms with E-state index < -0.39 is 0 Å². The molecule has 0 bridgehead atoms. The number of carbonyl (C=O) groups is 1. The van der Waals surface area contributed by atoms with Crippen LogP contribution >= 0.6 is 0 Å². The first kappa shape index (κ1) is 13.1. The normalized spacial score (nSPS) is 18.3. The molecule has 98 valence electrons. The van der Waals surface area contributed by atoms with Gasteiger partial charge in [-0.2, -0.15) is 0 Å². The number of piperidine rings is 1. The Kier molecular flexibility index (Phi) is 4.33. The molecule has 1 unspecified atom stereocenters. The molecular weight excluding hydrogens is 226 g/mol. The topological polar surface area (TPSA) is 67.2 Å². The van der Waals surface area contributed by atoms with Gasteiger partial charge in [-0.15, -0.1) is 0 Å². The van der Waals surface area contributed by atoms with Gasteiger partial charge in [-0.1, -0.05) is 12.1 Å². The molecule has 4 nitrogen and oxygen atoms in total. The molecule has 4 N–H and O–H groups in total. The Morgan fingerprint density at radius 1 is 1.33 bits per heavy atom. The number of amides is 1. The number of carbonyl (C=O) groups excluding carboxylic acids is 1. The zero-order valence-electron chi connectivity index (χ0n) is 10.8. The van der Waals surface area contributed by atoms with E-state index in [-0.39, 0.29) is 11.9 Å². The first-order chi connectivity index (χ1) is 8.66. The maximum absolute atomic E-state index is 12.0. The van der Waals surface area contributed by atoms with E-state index in [0.717, 1.165) is 31.5 Å². The Morgan fingerprint density at radius 3 is 2.50 bits per heavy atom. The summed E-state index contributed by atoms with van der Waals surface area (Å²) in [6.45, 7) is 3.90. The third-order valence-electron chi connectivity index (χ3n) is 3.37. The summed E-state index contributed by atoms with van der Waals surface area (Å²) in [5.41, 5.74) is 7.54. The molecule has 1 aliphatic rings. The second-order valence-electron chi connectivity index (χ2n) is 4.91. The quantitative estimate of drug-likeness (QED) is 0.751. The molecule has 1 atom stereocenters. The average molecular weight is 247 g/mol. The van der Waals surface area contributed by atoms with Gasteiger partial charge >= 0.3 is 0 Å². The summed E-state index contributed by atoms with van der Waals surface area (Å²) in [7, 11) is 0. The maximum Gasteiger partial charge on any atom is 0.251 e. The molecule has 1 saturated heterocycles. The fourth-order valence-corrected chi connectivity index (χ4v) is 2.17. The predicted molar refractivity (Wildman–Crippen MR) is 72.4 cm³/mol. The van der Waals surface area contributed by atoms with Crippen LogP contribution in [0, 0.1) is 0 Å². The lowest BCUT2D eigenvalue weighted by atomic mass is 10.0. The molecule has 1 aromatic carbocycles. The van der Waals surface area contributed by atoms with Gasteiger partial charge in [0, 0.05) is 17.6 Å². The Balaban J connectivity index is 1.95. The Bertz CT molecular complexity index is 394. The third kappa shape index (κ3) is 3.31. The van der Waals surface area contributed by atoms with Crippen molar-refractivity contribution in [3.63, 3.8) is 0 Å². The lowest BCUT2D eigenvalue weighted by Crippen LogP contribution is -2.42. The van der Waals surface area contributed by atoms with Crippen LogP contribution < -0.4 is 16.4 Å². The summed E-state index contributed by atoms with van der Waals surface area (Å²) in [6, 6.07) is 7.83. The smallest absolute Gasteiger partial charge is 0.251 e. The summed E-state index contributed by atoms with van der Waals surface area (Å²) in [6.07, 6.45) is 2.01. The SMILES string of the molecule is CC(N)c1ccc(C(=O)NC2CCNCC2)cc1. The first-order valence-corrected chi connectivity index (χ1v) is 6.54. The van der Waals surface area contributed by atoms with Crippen molar-refractivity contribution in [2.75, 3.05) is 13.1 Å². The van der Waals surface area contributed by atoms with Crippen LogP contribution in [0.4, 0.5) is 0 Å². The molecule has 1 heterocycles. The van der Waals surface area contributed by atoms with Crippen LogP contribution in [0.2, 0.25) is 0 Å². The van der Waals surface area contributed by atoms with Crippen molar-refractivity contribution >= 4 is 5.91 Å². The second kappa shape index (κ2) is 5.98. The summed E-state index contributed by atoms with van der Waals surface area (Å²) < 4.78 is 0. The number of nitrogens with one attached hydrogen (secondary N) is 2. The molecule has 1 amide bonds. The molecule has 0 aromatic heterocycles. The molecule has 0 aliphatic carbocycles. The number of hydrogen-bond donors (Lipinski definition) is 3. The van der Waals surface area contributed by atoms with Gasteiger partial charge < -0.3 is 16.4 Å². The van der Waals surface area contributed by atoms with Crippen molar-refractivity contribution in [3.8, 4) is 0 Å². The number of nitrogens with two attached hydrogens (primary N) is 1. The maximum atomic E-state index is 12.0. The minimum atomic E-state index is 0.00605. The van der Waals surface area contributed by atoms with E-state index in [1.165, 1.54) is 0 Å². The molecule has 0 spiro atoms. The van der Waals surface area contributed by atoms with Crippen LogP contribution in [0.5, 0.6) is 0 Å². The number of hydrogen-bond acceptors (Lipinski definition) is 3. The molecule has 0 saturated carbocycles. The largest absolute Gasteiger partial charge is 0.349 e. The lowest BCUT2D eigenvalue weighted by molar-refractivity contribution is 0.0929. The minimum absolute atomic E-state index is 0.00605. The van der Waals surface area contributed by atoms with Gasteiger partial charge in [-0.05, 0) is 50.6 Å². The van der Waals surface area contributed by atoms with Crippen LogP contribution in [-0.4, -0.2) is 25.0 Å². The van der Waals surface area contributed by atoms with Crippen molar-refractivity contribution in [1.82, 2.24) is 10.6 Å². The van der Waals surface area contributed by atoms with E-state index in [1.54, 1.807) is 0 Å². The zero-order chi connectivity index (χ0) is 13.0. The van der Waals surface area contributed by atoms with Gasteiger partial charge in [0.15, 0.2) is 0 Å². The molecule has 1 fully saturated rings. The van der Waals surface area contributed by atoms with Gasteiger partial charge in [0.05, 0.1) is 0 Å². The van der Waals surface area contributed by atoms with E-state index in [0.29, 0.717) is 11.6 Å². The summed E-state index contributed by atoms with van der Waals surface area (Å²) >= 11 is 0. The highest BCUT2D eigenvalue weighted by atomic mass is 16.1. The van der Waals surface area contributed by atoms with Crippen molar-refractivity contribution in [3.05, 3.63) is 35.4 Å². The number of benzene rings is 1. The van der Waals surface area contributed by atoms with Crippen LogP contribution in [-0.2, 0) is 0 Å². The van der Waals surface area contributed by atoms with Crippen molar-refractivity contribution < 1.29 is 4.79 Å². The second-order valence-corrected chi connectivity index (χ2v) is 4.91. The van der Waals surface area contributed by atoms with Crippen LogP contribution in [0.15, 0.2) is 24.3 Å². The van der Waals surface area contributed by atoms with Crippen LogP contribution in [0.25, 0.3) is 0 Å². The van der Waals surface area contributed by atoms with E-state index in [4.69, 9.17) is 5.73 Å². The third-order valence-corrected chi connectivity index (χ3v) is 3.37. The monoisotopic (exact) mass is 247 g/mol. The minimum Gasteiger partial charge on any atom is -0.349 e. The first-order valence-electron chi connectivity index (χ1n) is 6.54. The fraction of sp³-hybridized carbons (Fsp3) is 0.500. The molecule has 1 aromatic rings. The van der Waals surface area contributed by atoms with Gasteiger partial charge in [0.25, 0.3) is 5.91 Å². The highest BCUT2D eigenvalue weighted by molar-refractivity contribution is 5.94. The summed E-state index contributed by atoms with van der Waals surface area (Å²) in [5.74, 6) is 0.0122. The van der Waals surface area contributed by atoms with E-state index in [1.807, 2.05) is 31.2 Å². The summed E-state index contributed by atoms with van der Waals surface area (Å²) in [4.78, 5) is 12.0. The molecule has 4 heteroatoms. The zero-order valence-corrected chi connectivity index (χ0v) is 10.8. The molecule has 0 radical (unpaired) electrons. The highest BCUT2D eigenvalue weighted by Crippen LogP contribution is 2.11. The summed E-state index contributed by atoms with van der Waals surface area (Å²) in [5, 5.41) is 6.36. The molecule has 1 aliphatic heterocycles. The van der Waals surface area contributed by atoms with Gasteiger partial charge in [0.2, 0.25) is 0 Å². The van der Waals surface area contributed by atoms with Gasteiger partial charge in [-0.3, -0.25) is 4.79 Å². The van der Waals surface area contributed by atoms with Gasteiger partial charge in [0.1, 0.15) is 0 Å². The predicted octanol–water partition coefficient (Wildman–Crippen LogP) is 1.19. The van der Waals surface area contributed by atoms with Crippen molar-refractivity contribution in [1.29, 1.82) is 0 Å². The van der Waals surface area contributed by atoms with Crippen molar-refractivity contribution in [2.24, 2.45) is 5.73 Å². The Labute approximate surface area is 108 Å². The molecule has 18 heavy (non-hydrogen) atoms. The van der Waals surface area contributed by atoms with E-state index in [2.05, 4.69) is 10.6 Å². The Morgan fingerprint density at radius 2 is 1.94 bits per heavy atom. The van der Waals surface area contributed by atoms with Crippen LogP contribution in [0.3, 0.4) is 0 Å². The van der Waals surface area contributed by atoms with Crippen LogP contribution in [0.1, 0.15) is 41.7 Å². The highest BCUT2D eigenvalue weighted by Gasteiger charge is 2.16. The molecule has 2 rings (SSSR count). The number of rotatable bonds is 3. The van der Waals surface area contributed by atoms with Gasteiger partial charge in [-0.25, -0.2) is 0 Å².